The van der Waals surface area contributed by atoms with Gasteiger partial charge >= 0.3 is 0 Å². The smallest absolute Gasteiger partial charge is 0.153 e. The van der Waals surface area contributed by atoms with Gasteiger partial charge < -0.3 is 5.73 Å². The van der Waals surface area contributed by atoms with Crippen LogP contribution in [0.2, 0.25) is 0 Å². The predicted octanol–water partition coefficient (Wildman–Crippen LogP) is 2.13. The van der Waals surface area contributed by atoms with Crippen molar-refractivity contribution in [2.45, 2.75) is 6.54 Å². The lowest BCUT2D eigenvalue weighted by Crippen LogP contribution is -1.96. The van der Waals surface area contributed by atoms with E-state index < -0.39 is 11.6 Å². The molecule has 0 bridgehead atoms. The monoisotopic (exact) mass is 260 g/mol. The summed E-state index contributed by atoms with van der Waals surface area (Å²) < 4.78 is 28.4. The third-order valence-electron chi connectivity index (χ3n) is 2.78. The van der Waals surface area contributed by atoms with Gasteiger partial charge in [-0.05, 0) is 30.3 Å². The van der Waals surface area contributed by atoms with Crippen LogP contribution in [0.5, 0.6) is 0 Å². The quantitative estimate of drug-likeness (QED) is 0.768. The molecule has 0 atom stereocenters. The Morgan fingerprint density at radius 3 is 2.79 bits per heavy atom. The van der Waals surface area contributed by atoms with Crippen molar-refractivity contribution in [1.29, 1.82) is 0 Å². The van der Waals surface area contributed by atoms with Crippen LogP contribution >= 0.6 is 0 Å². The maximum atomic E-state index is 13.7. The van der Waals surface area contributed by atoms with Crippen molar-refractivity contribution in [3.63, 3.8) is 0 Å². The molecule has 0 aliphatic carbocycles. The number of nitrogens with zero attached hydrogens (tertiary/aromatic N) is 3. The number of hydrogen-bond donors (Lipinski definition) is 1. The zero-order chi connectivity index (χ0) is 13.4. The molecule has 96 valence electrons. The lowest BCUT2D eigenvalue weighted by atomic mass is 10.1. The van der Waals surface area contributed by atoms with Crippen molar-refractivity contribution in [2.24, 2.45) is 5.73 Å². The molecule has 1 aromatic carbocycles. The van der Waals surface area contributed by atoms with Crippen LogP contribution < -0.4 is 5.73 Å². The fourth-order valence-corrected chi connectivity index (χ4v) is 1.87. The van der Waals surface area contributed by atoms with Gasteiger partial charge in [0.2, 0.25) is 0 Å². The van der Waals surface area contributed by atoms with Gasteiger partial charge in [0.05, 0.1) is 17.6 Å². The Morgan fingerprint density at radius 1 is 1.16 bits per heavy atom. The van der Waals surface area contributed by atoms with Crippen molar-refractivity contribution in [3.05, 3.63) is 53.9 Å². The summed E-state index contributed by atoms with van der Waals surface area (Å²) in [4.78, 5) is 4.21. The fraction of sp³-hybridized carbons (Fsp3) is 0.0769. The Labute approximate surface area is 107 Å². The number of benzene rings is 1. The molecule has 0 unspecified atom stereocenters. The van der Waals surface area contributed by atoms with Gasteiger partial charge in [0.1, 0.15) is 11.6 Å². The first-order valence-corrected chi connectivity index (χ1v) is 5.68. The molecule has 2 heterocycles. The van der Waals surface area contributed by atoms with E-state index in [1.165, 1.54) is 4.52 Å². The lowest BCUT2D eigenvalue weighted by molar-refractivity contribution is 0.602. The van der Waals surface area contributed by atoms with E-state index in [9.17, 15) is 8.78 Å². The molecule has 2 aromatic heterocycles. The Bertz CT molecular complexity index is 751. The predicted molar refractivity (Wildman–Crippen MR) is 66.2 cm³/mol. The minimum absolute atomic E-state index is 0.116. The molecule has 0 amide bonds. The molecule has 2 N–H and O–H groups in total. The Kier molecular flexibility index (Phi) is 2.72. The van der Waals surface area contributed by atoms with Crippen LogP contribution in [0.15, 0.2) is 36.5 Å². The third kappa shape index (κ3) is 2.06. The first-order chi connectivity index (χ1) is 9.17. The third-order valence-corrected chi connectivity index (χ3v) is 2.78. The van der Waals surface area contributed by atoms with Gasteiger partial charge in [-0.25, -0.2) is 18.3 Å². The van der Waals surface area contributed by atoms with E-state index in [1.807, 2.05) is 0 Å². The molecule has 0 aliphatic rings. The first-order valence-electron chi connectivity index (χ1n) is 5.68. The standard InChI is InChI=1S/C13H10F2N4/c14-8-1-2-11(15)10(5-8)12-3-4-13-17-9(6-16)7-19(13)18-12/h1-5,7H,6,16H2. The van der Waals surface area contributed by atoms with Gasteiger partial charge in [-0.2, -0.15) is 5.10 Å². The maximum absolute atomic E-state index is 13.7. The Balaban J connectivity index is 2.16. The average Bonchev–Trinajstić information content (AvgIpc) is 2.83. The van der Waals surface area contributed by atoms with Gasteiger partial charge in [-0.3, -0.25) is 0 Å². The van der Waals surface area contributed by atoms with E-state index in [2.05, 4.69) is 10.1 Å². The summed E-state index contributed by atoms with van der Waals surface area (Å²) in [5.41, 5.74) is 7.24. The molecule has 6 heteroatoms. The second-order valence-corrected chi connectivity index (χ2v) is 4.08. The number of rotatable bonds is 2. The molecular formula is C13H10F2N4. The zero-order valence-electron chi connectivity index (χ0n) is 9.85. The van der Waals surface area contributed by atoms with Crippen LogP contribution in [0.1, 0.15) is 5.69 Å². The molecule has 0 aliphatic heterocycles. The summed E-state index contributed by atoms with van der Waals surface area (Å²) in [5, 5.41) is 4.21. The van der Waals surface area contributed by atoms with Gasteiger partial charge in [-0.1, -0.05) is 0 Å². The second kappa shape index (κ2) is 4.40. The van der Waals surface area contributed by atoms with E-state index in [1.54, 1.807) is 18.3 Å². The van der Waals surface area contributed by atoms with Gasteiger partial charge in [0, 0.05) is 12.1 Å². The summed E-state index contributed by atoms with van der Waals surface area (Å²) in [6, 6.07) is 6.55. The Hall–Kier alpha value is -2.34. The maximum Gasteiger partial charge on any atom is 0.153 e. The summed E-state index contributed by atoms with van der Waals surface area (Å²) in [5.74, 6) is -1.03. The second-order valence-electron chi connectivity index (χ2n) is 4.08. The summed E-state index contributed by atoms with van der Waals surface area (Å²) in [7, 11) is 0. The highest BCUT2D eigenvalue weighted by atomic mass is 19.1. The number of nitrogens with two attached hydrogens (primary N) is 1. The molecule has 3 aromatic rings. The van der Waals surface area contributed by atoms with Crippen LogP contribution in [0, 0.1) is 11.6 Å². The summed E-state index contributed by atoms with van der Waals surface area (Å²) in [6.07, 6.45) is 1.66. The highest BCUT2D eigenvalue weighted by Crippen LogP contribution is 2.22. The normalized spacial score (nSPS) is 11.1. The molecule has 3 rings (SSSR count). The lowest BCUT2D eigenvalue weighted by Gasteiger charge is -2.03. The van der Waals surface area contributed by atoms with Gasteiger partial charge in [-0.15, -0.1) is 0 Å². The van der Waals surface area contributed by atoms with Crippen LogP contribution in [-0.2, 0) is 6.54 Å². The van der Waals surface area contributed by atoms with E-state index >= 15 is 0 Å². The molecule has 0 saturated carbocycles. The topological polar surface area (TPSA) is 56.2 Å². The SMILES string of the molecule is NCc1cn2nc(-c3cc(F)ccc3F)ccc2n1. The van der Waals surface area contributed by atoms with Crippen molar-refractivity contribution < 1.29 is 8.78 Å². The largest absolute Gasteiger partial charge is 0.325 e. The number of aromatic nitrogens is 3. The molecular weight excluding hydrogens is 250 g/mol. The zero-order valence-corrected chi connectivity index (χ0v) is 9.85. The van der Waals surface area contributed by atoms with Crippen LogP contribution in [0.3, 0.4) is 0 Å². The van der Waals surface area contributed by atoms with E-state index in [-0.39, 0.29) is 5.56 Å². The average molecular weight is 260 g/mol. The molecule has 0 radical (unpaired) electrons. The molecule has 0 spiro atoms. The van der Waals surface area contributed by atoms with Crippen LogP contribution in [0.4, 0.5) is 8.78 Å². The van der Waals surface area contributed by atoms with E-state index in [4.69, 9.17) is 5.73 Å². The summed E-state index contributed by atoms with van der Waals surface area (Å²) in [6.45, 7) is 0.299. The van der Waals surface area contributed by atoms with Gasteiger partial charge in [0.25, 0.3) is 0 Å². The molecule has 4 nitrogen and oxygen atoms in total. The molecule has 19 heavy (non-hydrogen) atoms. The molecule has 0 fully saturated rings. The Morgan fingerprint density at radius 2 is 2.00 bits per heavy atom. The minimum Gasteiger partial charge on any atom is -0.325 e. The van der Waals surface area contributed by atoms with Crippen LogP contribution in [0.25, 0.3) is 16.9 Å². The highest BCUT2D eigenvalue weighted by Gasteiger charge is 2.10. The van der Waals surface area contributed by atoms with Crippen molar-refractivity contribution in [3.8, 4) is 11.3 Å². The number of imidazole rings is 1. The minimum atomic E-state index is -0.521. The van der Waals surface area contributed by atoms with Crippen LogP contribution in [-0.4, -0.2) is 14.6 Å². The molecule has 0 saturated heterocycles. The highest BCUT2D eigenvalue weighted by molar-refractivity contribution is 5.61. The number of fused-ring (bicyclic) bond motifs is 1. The van der Waals surface area contributed by atoms with E-state index in [0.717, 1.165) is 18.2 Å². The fourth-order valence-electron chi connectivity index (χ4n) is 1.87. The van der Waals surface area contributed by atoms with Crippen molar-refractivity contribution in [2.75, 3.05) is 0 Å². The number of hydrogen-bond acceptors (Lipinski definition) is 3. The van der Waals surface area contributed by atoms with Gasteiger partial charge in [0.15, 0.2) is 5.65 Å². The van der Waals surface area contributed by atoms with Crippen molar-refractivity contribution in [1.82, 2.24) is 14.6 Å². The number of halogens is 2. The summed E-state index contributed by atoms with van der Waals surface area (Å²) >= 11 is 0. The van der Waals surface area contributed by atoms with Crippen molar-refractivity contribution >= 4 is 5.65 Å². The first kappa shape index (κ1) is 11.7. The van der Waals surface area contributed by atoms with E-state index in [0.29, 0.717) is 23.6 Å².